The van der Waals surface area contributed by atoms with Gasteiger partial charge in [0.1, 0.15) is 5.75 Å². The molecule has 0 bridgehead atoms. The zero-order chi connectivity index (χ0) is 12.5. The van der Waals surface area contributed by atoms with E-state index in [0.717, 1.165) is 0 Å². The lowest BCUT2D eigenvalue weighted by Crippen LogP contribution is -2.62. The van der Waals surface area contributed by atoms with Gasteiger partial charge >= 0.3 is 0 Å². The molecule has 0 aromatic heterocycles. The van der Waals surface area contributed by atoms with Crippen molar-refractivity contribution in [1.82, 2.24) is 4.90 Å². The molecule has 1 amide bonds. The Bertz CT molecular complexity index is 408. The minimum absolute atomic E-state index is 0.0162. The summed E-state index contributed by atoms with van der Waals surface area (Å²) in [4.78, 5) is 13.2. The van der Waals surface area contributed by atoms with Crippen molar-refractivity contribution >= 4 is 17.5 Å². The number of hydrogen-bond acceptors (Lipinski definition) is 3. The Morgan fingerprint density at radius 2 is 2.06 bits per heavy atom. The molecule has 1 N–H and O–H groups in total. The number of amides is 1. The molecule has 17 heavy (non-hydrogen) atoms. The third kappa shape index (κ3) is 3.11. The van der Waals surface area contributed by atoms with E-state index in [1.807, 2.05) is 0 Å². The van der Waals surface area contributed by atoms with Crippen LogP contribution in [0.25, 0.3) is 0 Å². The average Bonchev–Trinajstić information content (AvgIpc) is 2.24. The van der Waals surface area contributed by atoms with Crippen LogP contribution < -0.4 is 4.74 Å². The third-order valence-electron chi connectivity index (χ3n) is 2.59. The van der Waals surface area contributed by atoms with E-state index in [0.29, 0.717) is 23.9 Å². The lowest BCUT2D eigenvalue weighted by Gasteiger charge is -2.43. The Hall–Kier alpha value is -1.26. The fourth-order valence-electron chi connectivity index (χ4n) is 1.72. The van der Waals surface area contributed by atoms with Gasteiger partial charge in [-0.05, 0) is 31.2 Å². The highest BCUT2D eigenvalue weighted by Gasteiger charge is 2.39. The fraction of sp³-hybridized carbons (Fsp3) is 0.417. The number of nitrogens with zero attached hydrogens (tertiary/aromatic N) is 1. The maximum atomic E-state index is 11.6. The first-order chi connectivity index (χ1) is 7.96. The Balaban J connectivity index is 1.79. The lowest BCUT2D eigenvalue weighted by molar-refractivity contribution is -0.154. The monoisotopic (exact) mass is 255 g/mol. The summed E-state index contributed by atoms with van der Waals surface area (Å²) in [5.74, 6) is 0.488. The molecule has 0 saturated carbocycles. The standard InChI is InChI=1S/C12H14ClNO3/c1-12(16)7-14(8-12)11(15)6-17-10-4-2-9(13)3-5-10/h2-5,16H,6-8H2,1H3. The second kappa shape index (κ2) is 4.55. The third-order valence-corrected chi connectivity index (χ3v) is 2.84. The summed E-state index contributed by atoms with van der Waals surface area (Å²) >= 11 is 5.73. The van der Waals surface area contributed by atoms with Gasteiger partial charge in [-0.2, -0.15) is 0 Å². The maximum absolute atomic E-state index is 11.6. The molecule has 0 atom stereocenters. The molecule has 1 aromatic carbocycles. The van der Waals surface area contributed by atoms with Gasteiger partial charge in [-0.1, -0.05) is 11.6 Å². The predicted octanol–water partition coefficient (Wildman–Crippen LogP) is 1.31. The molecule has 1 aliphatic rings. The second-order valence-electron chi connectivity index (χ2n) is 4.49. The van der Waals surface area contributed by atoms with Crippen molar-refractivity contribution in [2.45, 2.75) is 12.5 Å². The van der Waals surface area contributed by atoms with Gasteiger partial charge in [0, 0.05) is 5.02 Å². The van der Waals surface area contributed by atoms with Gasteiger partial charge in [0.15, 0.2) is 6.61 Å². The van der Waals surface area contributed by atoms with Crippen molar-refractivity contribution < 1.29 is 14.6 Å². The normalized spacial score (nSPS) is 17.5. The van der Waals surface area contributed by atoms with Gasteiger partial charge in [0.25, 0.3) is 5.91 Å². The van der Waals surface area contributed by atoms with Crippen LogP contribution in [-0.4, -0.2) is 41.2 Å². The zero-order valence-corrected chi connectivity index (χ0v) is 10.3. The number of hydrogen-bond donors (Lipinski definition) is 1. The number of carbonyl (C=O) groups excluding carboxylic acids is 1. The van der Waals surface area contributed by atoms with Crippen molar-refractivity contribution in [3.8, 4) is 5.75 Å². The van der Waals surface area contributed by atoms with Crippen LogP contribution in [0.5, 0.6) is 5.75 Å². The van der Waals surface area contributed by atoms with Crippen molar-refractivity contribution in [2.75, 3.05) is 19.7 Å². The van der Waals surface area contributed by atoms with Gasteiger partial charge in [0.05, 0.1) is 18.7 Å². The topological polar surface area (TPSA) is 49.8 Å². The van der Waals surface area contributed by atoms with Crippen LogP contribution in [0, 0.1) is 0 Å². The minimum atomic E-state index is -0.740. The molecular weight excluding hydrogens is 242 g/mol. The smallest absolute Gasteiger partial charge is 0.260 e. The number of likely N-dealkylation sites (tertiary alicyclic amines) is 1. The quantitative estimate of drug-likeness (QED) is 0.886. The number of halogens is 1. The van der Waals surface area contributed by atoms with E-state index in [4.69, 9.17) is 16.3 Å². The van der Waals surface area contributed by atoms with E-state index < -0.39 is 5.60 Å². The molecular formula is C12H14ClNO3. The lowest BCUT2D eigenvalue weighted by atomic mass is 9.97. The Morgan fingerprint density at radius 1 is 1.47 bits per heavy atom. The van der Waals surface area contributed by atoms with Crippen molar-refractivity contribution in [1.29, 1.82) is 0 Å². The molecule has 1 heterocycles. The van der Waals surface area contributed by atoms with E-state index in [1.54, 1.807) is 36.1 Å². The van der Waals surface area contributed by atoms with E-state index in [1.165, 1.54) is 0 Å². The first-order valence-corrected chi connectivity index (χ1v) is 5.73. The minimum Gasteiger partial charge on any atom is -0.484 e. The van der Waals surface area contributed by atoms with E-state index in [9.17, 15) is 9.90 Å². The van der Waals surface area contributed by atoms with E-state index >= 15 is 0 Å². The number of carbonyl (C=O) groups is 1. The van der Waals surface area contributed by atoms with Gasteiger partial charge in [0.2, 0.25) is 0 Å². The molecule has 1 aliphatic heterocycles. The number of aliphatic hydroxyl groups is 1. The summed E-state index contributed by atoms with van der Waals surface area (Å²) in [6.07, 6.45) is 0. The first kappa shape index (κ1) is 12.2. The molecule has 0 aliphatic carbocycles. The van der Waals surface area contributed by atoms with E-state index in [2.05, 4.69) is 0 Å². The SMILES string of the molecule is CC1(O)CN(C(=O)COc2ccc(Cl)cc2)C1. The molecule has 2 rings (SSSR count). The number of ether oxygens (including phenoxy) is 1. The van der Waals surface area contributed by atoms with Crippen LogP contribution in [-0.2, 0) is 4.79 Å². The Labute approximate surface area is 105 Å². The van der Waals surface area contributed by atoms with Gasteiger partial charge in [-0.3, -0.25) is 4.79 Å². The number of rotatable bonds is 3. The van der Waals surface area contributed by atoms with Crippen LogP contribution in [0.2, 0.25) is 5.02 Å². The van der Waals surface area contributed by atoms with Crippen molar-refractivity contribution in [3.05, 3.63) is 29.3 Å². The van der Waals surface area contributed by atoms with Crippen LogP contribution in [0.3, 0.4) is 0 Å². The summed E-state index contributed by atoms with van der Waals surface area (Å²) in [6, 6.07) is 6.83. The number of benzene rings is 1. The molecule has 0 unspecified atom stereocenters. The van der Waals surface area contributed by atoms with Crippen LogP contribution in [0.15, 0.2) is 24.3 Å². The van der Waals surface area contributed by atoms with Crippen molar-refractivity contribution in [2.24, 2.45) is 0 Å². The fourth-order valence-corrected chi connectivity index (χ4v) is 1.85. The van der Waals surface area contributed by atoms with Gasteiger partial charge in [-0.15, -0.1) is 0 Å². The summed E-state index contributed by atoms with van der Waals surface area (Å²) in [6.45, 7) is 2.43. The summed E-state index contributed by atoms with van der Waals surface area (Å²) in [5, 5.41) is 10.1. The highest BCUT2D eigenvalue weighted by Crippen LogP contribution is 2.20. The molecule has 1 saturated heterocycles. The molecule has 0 spiro atoms. The van der Waals surface area contributed by atoms with E-state index in [-0.39, 0.29) is 12.5 Å². The van der Waals surface area contributed by atoms with Gasteiger partial charge < -0.3 is 14.7 Å². The molecule has 0 radical (unpaired) electrons. The summed E-state index contributed by atoms with van der Waals surface area (Å²) < 4.78 is 5.32. The largest absolute Gasteiger partial charge is 0.484 e. The predicted molar refractivity (Wildman–Crippen MR) is 64.2 cm³/mol. The summed E-state index contributed by atoms with van der Waals surface area (Å²) in [7, 11) is 0. The molecule has 5 heteroatoms. The Kier molecular flexibility index (Phi) is 3.26. The highest BCUT2D eigenvalue weighted by molar-refractivity contribution is 6.30. The van der Waals surface area contributed by atoms with Crippen LogP contribution in [0.4, 0.5) is 0 Å². The number of β-amino-alcohol motifs (C(OH)–C–C–N with tert-alkyl or cyclic N) is 1. The highest BCUT2D eigenvalue weighted by atomic mass is 35.5. The molecule has 1 fully saturated rings. The molecule has 92 valence electrons. The zero-order valence-electron chi connectivity index (χ0n) is 9.52. The van der Waals surface area contributed by atoms with Crippen molar-refractivity contribution in [3.63, 3.8) is 0 Å². The molecule has 4 nitrogen and oxygen atoms in total. The second-order valence-corrected chi connectivity index (χ2v) is 4.93. The van der Waals surface area contributed by atoms with Gasteiger partial charge in [-0.25, -0.2) is 0 Å². The van der Waals surface area contributed by atoms with Crippen LogP contribution >= 0.6 is 11.6 Å². The average molecular weight is 256 g/mol. The first-order valence-electron chi connectivity index (χ1n) is 5.35. The van der Waals surface area contributed by atoms with Crippen LogP contribution in [0.1, 0.15) is 6.92 Å². The molecule has 1 aromatic rings. The Morgan fingerprint density at radius 3 is 2.59 bits per heavy atom. The summed E-state index contributed by atoms with van der Waals surface area (Å²) in [5.41, 5.74) is -0.740. The maximum Gasteiger partial charge on any atom is 0.260 e.